The van der Waals surface area contributed by atoms with Crippen LogP contribution in [0.1, 0.15) is 13.8 Å². The Balaban J connectivity index is 2.90. The van der Waals surface area contributed by atoms with Crippen LogP contribution in [0.3, 0.4) is 0 Å². The maximum Gasteiger partial charge on any atom is 0.316 e. The summed E-state index contributed by atoms with van der Waals surface area (Å²) in [6.45, 7) is 4.88. The third-order valence-electron chi connectivity index (χ3n) is 2.35. The fraction of sp³-hybridized carbons (Fsp3) is 0.455. The molecule has 1 aromatic rings. The zero-order chi connectivity index (χ0) is 13.5. The van der Waals surface area contributed by atoms with Crippen LogP contribution in [0.2, 0.25) is 0 Å². The number of nitro groups is 1. The number of benzene rings is 1. The van der Waals surface area contributed by atoms with Crippen LogP contribution in [0.25, 0.3) is 0 Å². The van der Waals surface area contributed by atoms with Gasteiger partial charge < -0.3 is 15.5 Å². The predicted molar refractivity (Wildman–Crippen MR) is 70.5 cm³/mol. The molecule has 0 heterocycles. The molecule has 1 unspecified atom stereocenters. The van der Waals surface area contributed by atoms with Gasteiger partial charge in [-0.15, -0.1) is 0 Å². The van der Waals surface area contributed by atoms with E-state index in [2.05, 4.69) is 10.7 Å². The average Bonchev–Trinajstić information content (AvgIpc) is 2.35. The van der Waals surface area contributed by atoms with Gasteiger partial charge in [-0.3, -0.25) is 16.0 Å². The molecule has 18 heavy (non-hydrogen) atoms. The number of hydrogen-bond donors (Lipinski definition) is 3. The molecule has 100 valence electrons. The Hall–Kier alpha value is -1.86. The van der Waals surface area contributed by atoms with Gasteiger partial charge in [0.15, 0.2) is 0 Å². The van der Waals surface area contributed by atoms with Gasteiger partial charge in [0.05, 0.1) is 11.5 Å². The maximum absolute atomic E-state index is 11.0. The molecule has 0 bridgehead atoms. The van der Waals surface area contributed by atoms with Crippen LogP contribution < -0.4 is 16.6 Å². The van der Waals surface area contributed by atoms with Crippen molar-refractivity contribution >= 4 is 17.1 Å². The highest BCUT2D eigenvalue weighted by atomic mass is 16.6. The van der Waals surface area contributed by atoms with E-state index in [1.165, 1.54) is 0 Å². The second-order valence-corrected chi connectivity index (χ2v) is 3.81. The molecule has 0 saturated carbocycles. The van der Waals surface area contributed by atoms with Crippen LogP contribution in [0, 0.1) is 10.1 Å². The smallest absolute Gasteiger partial charge is 0.316 e. The molecule has 1 rings (SSSR count). The number of nitrogens with zero attached hydrogens (tertiary/aromatic N) is 1. The van der Waals surface area contributed by atoms with E-state index >= 15 is 0 Å². The molecule has 0 aromatic heterocycles. The Morgan fingerprint density at radius 2 is 2.17 bits per heavy atom. The average molecular weight is 254 g/mol. The number of para-hydroxylation sites is 1. The molecule has 0 amide bonds. The number of hydrogen-bond acceptors (Lipinski definition) is 6. The number of nitrogens with two attached hydrogens (primary N) is 1. The van der Waals surface area contributed by atoms with Crippen LogP contribution in [-0.4, -0.2) is 24.2 Å². The van der Waals surface area contributed by atoms with Gasteiger partial charge in [0, 0.05) is 12.6 Å². The van der Waals surface area contributed by atoms with Crippen molar-refractivity contribution in [2.24, 2.45) is 5.84 Å². The summed E-state index contributed by atoms with van der Waals surface area (Å²) in [5.74, 6) is 5.26. The third kappa shape index (κ3) is 3.57. The molecule has 7 heteroatoms. The minimum Gasteiger partial charge on any atom is -0.380 e. The Morgan fingerprint density at radius 3 is 2.72 bits per heavy atom. The molecule has 0 fully saturated rings. The second kappa shape index (κ2) is 6.77. The highest BCUT2D eigenvalue weighted by Gasteiger charge is 2.20. The van der Waals surface area contributed by atoms with Crippen LogP contribution >= 0.6 is 0 Å². The van der Waals surface area contributed by atoms with Crippen LogP contribution in [0.4, 0.5) is 17.1 Å². The third-order valence-corrected chi connectivity index (χ3v) is 2.35. The minimum absolute atomic E-state index is 0.0309. The Kier molecular flexibility index (Phi) is 5.34. The SMILES string of the molecule is CCOCC(C)Nc1cccc(NN)c1[N+](=O)[O-]. The highest BCUT2D eigenvalue weighted by molar-refractivity contribution is 5.75. The topological polar surface area (TPSA) is 102 Å². The van der Waals surface area contributed by atoms with Crippen molar-refractivity contribution in [3.05, 3.63) is 28.3 Å². The first-order valence-electron chi connectivity index (χ1n) is 5.68. The van der Waals surface area contributed by atoms with E-state index in [0.29, 0.717) is 18.9 Å². The lowest BCUT2D eigenvalue weighted by atomic mass is 10.2. The first-order valence-corrected chi connectivity index (χ1v) is 5.68. The normalized spacial score (nSPS) is 11.9. The monoisotopic (exact) mass is 254 g/mol. The maximum atomic E-state index is 11.0. The number of nitro benzene ring substituents is 1. The Bertz CT molecular complexity index is 411. The standard InChI is InChI=1S/C11H18N4O3/c1-3-18-7-8(2)13-9-5-4-6-10(14-12)11(9)15(16)17/h4-6,8,13-14H,3,7,12H2,1-2H3. The minimum atomic E-state index is -0.467. The molecule has 1 atom stereocenters. The van der Waals surface area contributed by atoms with E-state index in [0.717, 1.165) is 0 Å². The predicted octanol–water partition coefficient (Wildman–Crippen LogP) is 1.72. The van der Waals surface area contributed by atoms with Gasteiger partial charge in [0.2, 0.25) is 0 Å². The van der Waals surface area contributed by atoms with Crippen molar-refractivity contribution in [2.75, 3.05) is 24.0 Å². The zero-order valence-electron chi connectivity index (χ0n) is 10.5. The lowest BCUT2D eigenvalue weighted by Crippen LogP contribution is -2.22. The van der Waals surface area contributed by atoms with Gasteiger partial charge in [0.1, 0.15) is 11.4 Å². The van der Waals surface area contributed by atoms with Gasteiger partial charge in [-0.1, -0.05) is 6.07 Å². The summed E-state index contributed by atoms with van der Waals surface area (Å²) >= 11 is 0. The molecule has 7 nitrogen and oxygen atoms in total. The summed E-state index contributed by atoms with van der Waals surface area (Å²) in [6.07, 6.45) is 0. The molecule has 0 radical (unpaired) electrons. The van der Waals surface area contributed by atoms with Crippen molar-refractivity contribution in [1.82, 2.24) is 0 Å². The molecular weight excluding hydrogens is 236 g/mol. The summed E-state index contributed by atoms with van der Waals surface area (Å²) < 4.78 is 5.25. The highest BCUT2D eigenvalue weighted by Crippen LogP contribution is 2.32. The summed E-state index contributed by atoms with van der Waals surface area (Å²) in [5.41, 5.74) is 2.95. The van der Waals surface area contributed by atoms with Crippen molar-refractivity contribution in [2.45, 2.75) is 19.9 Å². The lowest BCUT2D eigenvalue weighted by molar-refractivity contribution is -0.383. The van der Waals surface area contributed by atoms with Crippen molar-refractivity contribution in [3.8, 4) is 0 Å². The van der Waals surface area contributed by atoms with E-state index in [4.69, 9.17) is 10.6 Å². The summed E-state index contributed by atoms with van der Waals surface area (Å²) in [4.78, 5) is 10.6. The van der Waals surface area contributed by atoms with Crippen molar-refractivity contribution in [1.29, 1.82) is 0 Å². The molecule has 4 N–H and O–H groups in total. The fourth-order valence-corrected chi connectivity index (χ4v) is 1.57. The number of hydrazine groups is 1. The quantitative estimate of drug-likeness (QED) is 0.389. The van der Waals surface area contributed by atoms with E-state index in [9.17, 15) is 10.1 Å². The summed E-state index contributed by atoms with van der Waals surface area (Å²) in [5, 5.41) is 14.1. The number of rotatable bonds is 7. The van der Waals surface area contributed by atoms with Gasteiger partial charge in [0.25, 0.3) is 0 Å². The largest absolute Gasteiger partial charge is 0.380 e. The van der Waals surface area contributed by atoms with E-state index in [-0.39, 0.29) is 17.4 Å². The fourth-order valence-electron chi connectivity index (χ4n) is 1.57. The van der Waals surface area contributed by atoms with E-state index in [1.54, 1.807) is 18.2 Å². The first kappa shape index (κ1) is 14.2. The molecular formula is C11H18N4O3. The molecule has 0 spiro atoms. The van der Waals surface area contributed by atoms with Gasteiger partial charge in [-0.05, 0) is 26.0 Å². The summed E-state index contributed by atoms with van der Waals surface area (Å²) in [6, 6.07) is 4.85. The number of nitrogen functional groups attached to an aromatic ring is 1. The number of anilines is 2. The molecule has 0 saturated heterocycles. The Labute approximate surface area is 105 Å². The van der Waals surface area contributed by atoms with Crippen molar-refractivity contribution in [3.63, 3.8) is 0 Å². The number of ether oxygens (including phenoxy) is 1. The van der Waals surface area contributed by atoms with Crippen LogP contribution in [0.5, 0.6) is 0 Å². The van der Waals surface area contributed by atoms with Gasteiger partial charge in [-0.25, -0.2) is 0 Å². The summed E-state index contributed by atoms with van der Waals surface area (Å²) in [7, 11) is 0. The molecule has 0 aliphatic heterocycles. The van der Waals surface area contributed by atoms with E-state index < -0.39 is 4.92 Å². The van der Waals surface area contributed by atoms with Crippen LogP contribution in [0.15, 0.2) is 18.2 Å². The second-order valence-electron chi connectivity index (χ2n) is 3.81. The number of nitrogens with one attached hydrogen (secondary N) is 2. The lowest BCUT2D eigenvalue weighted by Gasteiger charge is -2.16. The van der Waals surface area contributed by atoms with Crippen molar-refractivity contribution < 1.29 is 9.66 Å². The molecule has 0 aliphatic carbocycles. The van der Waals surface area contributed by atoms with Crippen LogP contribution in [-0.2, 0) is 4.74 Å². The van der Waals surface area contributed by atoms with Gasteiger partial charge in [-0.2, -0.15) is 0 Å². The Morgan fingerprint density at radius 1 is 1.50 bits per heavy atom. The van der Waals surface area contributed by atoms with E-state index in [1.807, 2.05) is 13.8 Å². The van der Waals surface area contributed by atoms with Gasteiger partial charge >= 0.3 is 5.69 Å². The first-order chi connectivity index (χ1) is 8.60. The molecule has 0 aliphatic rings. The molecule has 1 aromatic carbocycles. The zero-order valence-corrected chi connectivity index (χ0v) is 10.5.